The molecule has 0 aliphatic carbocycles. The summed E-state index contributed by atoms with van der Waals surface area (Å²) in [4.78, 5) is 23.6. The summed E-state index contributed by atoms with van der Waals surface area (Å²) < 4.78 is 4.86. The Morgan fingerprint density at radius 1 is 1.30 bits per heavy atom. The van der Waals surface area contributed by atoms with E-state index in [9.17, 15) is 4.79 Å². The van der Waals surface area contributed by atoms with Gasteiger partial charge >= 0.3 is 6.09 Å². The van der Waals surface area contributed by atoms with Crippen LogP contribution in [0.4, 0.5) is 16.7 Å². The van der Waals surface area contributed by atoms with Crippen molar-refractivity contribution in [2.45, 2.75) is 25.0 Å². The summed E-state index contributed by atoms with van der Waals surface area (Å²) in [7, 11) is 1.51. The smallest absolute Gasteiger partial charge is 0.406 e. The lowest BCUT2D eigenvalue weighted by Gasteiger charge is -2.11. The SMILES string of the molecule is CNC(=O)OCCNc1nc(NC(C)C)nc(SC)n1. The number of ether oxygens (including phenoxy) is 1. The summed E-state index contributed by atoms with van der Waals surface area (Å²) in [5.74, 6) is 0.974. The van der Waals surface area contributed by atoms with E-state index in [4.69, 9.17) is 4.74 Å². The molecule has 8 nitrogen and oxygen atoms in total. The van der Waals surface area contributed by atoms with Crippen LogP contribution in [0.5, 0.6) is 0 Å². The van der Waals surface area contributed by atoms with E-state index in [-0.39, 0.29) is 12.6 Å². The fourth-order valence-corrected chi connectivity index (χ4v) is 1.58. The van der Waals surface area contributed by atoms with Crippen LogP contribution in [0, 0.1) is 0 Å². The molecule has 0 saturated heterocycles. The average Bonchev–Trinajstić information content (AvgIpc) is 2.42. The lowest BCUT2D eigenvalue weighted by atomic mass is 10.4. The first-order valence-corrected chi connectivity index (χ1v) is 7.42. The quantitative estimate of drug-likeness (QED) is 0.510. The van der Waals surface area contributed by atoms with Gasteiger partial charge in [-0.1, -0.05) is 11.8 Å². The van der Waals surface area contributed by atoms with E-state index in [1.54, 1.807) is 0 Å². The third-order valence-electron chi connectivity index (χ3n) is 2.04. The Labute approximate surface area is 122 Å². The molecule has 0 saturated carbocycles. The van der Waals surface area contributed by atoms with Crippen LogP contribution in [0.25, 0.3) is 0 Å². The summed E-state index contributed by atoms with van der Waals surface area (Å²) in [5, 5.41) is 9.11. The van der Waals surface area contributed by atoms with Crippen LogP contribution >= 0.6 is 11.8 Å². The van der Waals surface area contributed by atoms with Crippen molar-refractivity contribution in [2.24, 2.45) is 0 Å². The Hall–Kier alpha value is -1.77. The van der Waals surface area contributed by atoms with Gasteiger partial charge in [0.05, 0.1) is 6.54 Å². The molecule has 20 heavy (non-hydrogen) atoms. The number of alkyl carbamates (subject to hydrolysis) is 1. The molecule has 0 aliphatic heterocycles. The summed E-state index contributed by atoms with van der Waals surface area (Å²) in [6.07, 6.45) is 1.43. The fourth-order valence-electron chi connectivity index (χ4n) is 1.23. The van der Waals surface area contributed by atoms with Crippen LogP contribution in [0.1, 0.15) is 13.8 Å². The van der Waals surface area contributed by atoms with Crippen LogP contribution < -0.4 is 16.0 Å². The molecule has 0 radical (unpaired) electrons. The van der Waals surface area contributed by atoms with Gasteiger partial charge in [0.15, 0.2) is 5.16 Å². The summed E-state index contributed by atoms with van der Waals surface area (Å²) in [6, 6.07) is 0.233. The average molecular weight is 300 g/mol. The fraction of sp³-hybridized carbons (Fsp3) is 0.636. The lowest BCUT2D eigenvalue weighted by Crippen LogP contribution is -2.23. The summed E-state index contributed by atoms with van der Waals surface area (Å²) in [5.41, 5.74) is 0. The van der Waals surface area contributed by atoms with Crippen molar-refractivity contribution in [3.63, 3.8) is 0 Å². The number of carbonyl (C=O) groups excluding carboxylic acids is 1. The number of anilines is 2. The molecule has 0 spiro atoms. The van der Waals surface area contributed by atoms with Crippen molar-refractivity contribution in [3.8, 4) is 0 Å². The van der Waals surface area contributed by atoms with Crippen LogP contribution in [0.2, 0.25) is 0 Å². The molecular weight excluding hydrogens is 280 g/mol. The van der Waals surface area contributed by atoms with Crippen molar-refractivity contribution < 1.29 is 9.53 Å². The molecule has 3 N–H and O–H groups in total. The molecule has 1 amide bonds. The first-order valence-electron chi connectivity index (χ1n) is 6.20. The molecular formula is C11H20N6O2S. The molecule has 0 atom stereocenters. The molecule has 1 rings (SSSR count). The Balaban J connectivity index is 2.57. The van der Waals surface area contributed by atoms with Gasteiger partial charge in [0, 0.05) is 13.1 Å². The van der Waals surface area contributed by atoms with E-state index in [0.29, 0.717) is 23.6 Å². The summed E-state index contributed by atoms with van der Waals surface area (Å²) in [6.45, 7) is 4.67. The monoisotopic (exact) mass is 300 g/mol. The largest absolute Gasteiger partial charge is 0.448 e. The van der Waals surface area contributed by atoms with Crippen molar-refractivity contribution >= 4 is 29.8 Å². The minimum Gasteiger partial charge on any atom is -0.448 e. The highest BCUT2D eigenvalue weighted by Gasteiger charge is 2.07. The van der Waals surface area contributed by atoms with E-state index < -0.39 is 6.09 Å². The number of carbonyl (C=O) groups is 1. The molecule has 1 aromatic heterocycles. The molecule has 0 bridgehead atoms. The highest BCUT2D eigenvalue weighted by atomic mass is 32.2. The second-order valence-corrected chi connectivity index (χ2v) is 4.85. The number of amides is 1. The van der Waals surface area contributed by atoms with Gasteiger partial charge in [-0.05, 0) is 20.1 Å². The molecule has 1 aromatic rings. The minimum absolute atomic E-state index is 0.229. The zero-order valence-corrected chi connectivity index (χ0v) is 12.9. The van der Waals surface area contributed by atoms with E-state index in [2.05, 4.69) is 30.9 Å². The van der Waals surface area contributed by atoms with Crippen LogP contribution in [0.3, 0.4) is 0 Å². The van der Waals surface area contributed by atoms with Crippen LogP contribution in [0.15, 0.2) is 5.16 Å². The molecule has 9 heteroatoms. The molecule has 0 aliphatic rings. The standard InChI is InChI=1S/C11H20N6O2S/c1-7(2)14-9-15-8(16-10(17-9)20-4)13-5-6-19-11(18)12-3/h7H,5-6H2,1-4H3,(H,12,18)(H2,13,14,15,16,17). The number of aromatic nitrogens is 3. The van der Waals surface area contributed by atoms with Crippen LogP contribution in [-0.4, -0.2) is 53.5 Å². The first-order chi connectivity index (χ1) is 9.55. The number of hydrogen-bond donors (Lipinski definition) is 3. The van der Waals surface area contributed by atoms with Gasteiger partial charge in [-0.3, -0.25) is 0 Å². The molecule has 112 valence electrons. The van der Waals surface area contributed by atoms with Gasteiger partial charge in [-0.2, -0.15) is 15.0 Å². The topological polar surface area (TPSA) is 101 Å². The Bertz CT molecular complexity index is 443. The van der Waals surface area contributed by atoms with Gasteiger partial charge in [-0.25, -0.2) is 4.79 Å². The second kappa shape index (κ2) is 8.41. The maximum atomic E-state index is 10.9. The van der Waals surface area contributed by atoms with Gasteiger partial charge < -0.3 is 20.7 Å². The van der Waals surface area contributed by atoms with E-state index in [1.807, 2.05) is 20.1 Å². The van der Waals surface area contributed by atoms with Gasteiger partial charge in [-0.15, -0.1) is 0 Å². The Morgan fingerprint density at radius 2 is 2.00 bits per heavy atom. The highest BCUT2D eigenvalue weighted by Crippen LogP contribution is 2.13. The predicted molar refractivity (Wildman–Crippen MR) is 79.3 cm³/mol. The minimum atomic E-state index is -0.464. The summed E-state index contributed by atoms with van der Waals surface area (Å²) >= 11 is 1.43. The molecule has 1 heterocycles. The highest BCUT2D eigenvalue weighted by molar-refractivity contribution is 7.98. The predicted octanol–water partition coefficient (Wildman–Crippen LogP) is 1.18. The molecule has 0 fully saturated rings. The molecule has 0 unspecified atom stereocenters. The third-order valence-corrected chi connectivity index (χ3v) is 2.59. The number of hydrogen-bond acceptors (Lipinski definition) is 8. The van der Waals surface area contributed by atoms with Gasteiger partial charge in [0.1, 0.15) is 6.61 Å². The molecule has 0 aromatic carbocycles. The zero-order valence-electron chi connectivity index (χ0n) is 12.1. The van der Waals surface area contributed by atoms with Gasteiger partial charge in [0.2, 0.25) is 11.9 Å². The van der Waals surface area contributed by atoms with E-state index in [1.165, 1.54) is 18.8 Å². The Kier molecular flexibility index (Phi) is 6.85. The normalized spacial score (nSPS) is 10.2. The van der Waals surface area contributed by atoms with Crippen molar-refractivity contribution in [1.82, 2.24) is 20.3 Å². The number of thioether (sulfide) groups is 1. The van der Waals surface area contributed by atoms with E-state index in [0.717, 1.165) is 0 Å². The number of rotatable bonds is 7. The second-order valence-electron chi connectivity index (χ2n) is 4.08. The zero-order chi connectivity index (χ0) is 15.0. The van der Waals surface area contributed by atoms with Crippen molar-refractivity contribution in [3.05, 3.63) is 0 Å². The lowest BCUT2D eigenvalue weighted by molar-refractivity contribution is 0.153. The van der Waals surface area contributed by atoms with Gasteiger partial charge in [0.25, 0.3) is 0 Å². The maximum Gasteiger partial charge on any atom is 0.406 e. The number of nitrogens with one attached hydrogen (secondary N) is 3. The number of nitrogens with zero attached hydrogens (tertiary/aromatic N) is 3. The first kappa shape index (κ1) is 16.3. The van der Waals surface area contributed by atoms with E-state index >= 15 is 0 Å². The van der Waals surface area contributed by atoms with Crippen molar-refractivity contribution in [2.75, 3.05) is 37.1 Å². The van der Waals surface area contributed by atoms with Crippen LogP contribution in [-0.2, 0) is 4.74 Å². The third kappa shape index (κ3) is 5.91. The Morgan fingerprint density at radius 3 is 2.60 bits per heavy atom. The van der Waals surface area contributed by atoms with Crippen molar-refractivity contribution in [1.29, 1.82) is 0 Å². The maximum absolute atomic E-state index is 10.9.